The van der Waals surface area contributed by atoms with Gasteiger partial charge in [-0.1, -0.05) is 38.3 Å². The van der Waals surface area contributed by atoms with Crippen LogP contribution in [0, 0.1) is 5.92 Å². The van der Waals surface area contributed by atoms with Crippen LogP contribution >= 0.6 is 0 Å². The predicted molar refractivity (Wildman–Crippen MR) is 110 cm³/mol. The number of hydrogen-bond acceptors (Lipinski definition) is 4. The first-order valence-electron chi connectivity index (χ1n) is 10.8. The first kappa shape index (κ1) is 22.7. The molecule has 1 aliphatic rings. The van der Waals surface area contributed by atoms with Crippen LogP contribution in [0.2, 0.25) is 0 Å². The standard InChI is InChI=1S/C23H36O5/c1-2-3-4-8-19(24)15-14-18-13-12-17-7-5-11-22(28-16-23(26)27)20(17)9-6-10-21(18)25/h5,7,11,18-19,21,24-25H,2-4,6,8-10,12-16H2,1H3,(H,26,27). The monoisotopic (exact) mass is 392 g/mol. The Morgan fingerprint density at radius 3 is 2.79 bits per heavy atom. The van der Waals surface area contributed by atoms with Gasteiger partial charge in [-0.15, -0.1) is 0 Å². The fourth-order valence-electron chi connectivity index (χ4n) is 4.18. The first-order chi connectivity index (χ1) is 13.5. The number of aliphatic hydroxyl groups is 2. The second kappa shape index (κ2) is 12.1. The van der Waals surface area contributed by atoms with Crippen molar-refractivity contribution in [3.8, 4) is 5.75 Å². The molecule has 1 aromatic rings. The fraction of sp³-hybridized carbons (Fsp3) is 0.696. The van der Waals surface area contributed by atoms with Gasteiger partial charge in [-0.25, -0.2) is 4.79 Å². The molecule has 0 amide bonds. The summed E-state index contributed by atoms with van der Waals surface area (Å²) >= 11 is 0. The van der Waals surface area contributed by atoms with E-state index in [9.17, 15) is 15.0 Å². The summed E-state index contributed by atoms with van der Waals surface area (Å²) in [7, 11) is 0. The van der Waals surface area contributed by atoms with Crippen LogP contribution in [-0.4, -0.2) is 40.1 Å². The molecule has 3 unspecified atom stereocenters. The van der Waals surface area contributed by atoms with Crippen LogP contribution in [0.1, 0.15) is 75.8 Å². The predicted octanol–water partition coefficient (Wildman–Crippen LogP) is 4.12. The maximum atomic E-state index is 10.8. The van der Waals surface area contributed by atoms with Gasteiger partial charge in [0.05, 0.1) is 12.2 Å². The van der Waals surface area contributed by atoms with Crippen molar-refractivity contribution in [1.82, 2.24) is 0 Å². The Kier molecular flexibility index (Phi) is 9.79. The van der Waals surface area contributed by atoms with E-state index in [1.807, 2.05) is 12.1 Å². The molecule has 0 aromatic heterocycles. The Balaban J connectivity index is 1.97. The van der Waals surface area contributed by atoms with Gasteiger partial charge < -0.3 is 20.1 Å². The highest BCUT2D eigenvalue weighted by Crippen LogP contribution is 2.31. The van der Waals surface area contributed by atoms with Gasteiger partial charge >= 0.3 is 5.97 Å². The van der Waals surface area contributed by atoms with Gasteiger partial charge in [0, 0.05) is 0 Å². The summed E-state index contributed by atoms with van der Waals surface area (Å²) in [6.45, 7) is 1.83. The number of unbranched alkanes of at least 4 members (excludes halogenated alkanes) is 2. The first-order valence-corrected chi connectivity index (χ1v) is 10.8. The van der Waals surface area contributed by atoms with Gasteiger partial charge in [0.15, 0.2) is 6.61 Å². The molecule has 3 N–H and O–H groups in total. The molecular formula is C23H36O5. The van der Waals surface area contributed by atoms with Gasteiger partial charge in [-0.2, -0.15) is 0 Å². The highest BCUT2D eigenvalue weighted by molar-refractivity contribution is 5.68. The molecule has 0 aliphatic heterocycles. The summed E-state index contributed by atoms with van der Waals surface area (Å²) in [5.74, 6) is -0.136. The van der Waals surface area contributed by atoms with E-state index in [0.717, 1.165) is 76.2 Å². The van der Waals surface area contributed by atoms with Crippen molar-refractivity contribution in [2.75, 3.05) is 6.61 Å². The number of benzene rings is 1. The zero-order valence-electron chi connectivity index (χ0n) is 17.1. The summed E-state index contributed by atoms with van der Waals surface area (Å²) in [4.78, 5) is 10.8. The lowest BCUT2D eigenvalue weighted by molar-refractivity contribution is -0.139. The molecule has 3 atom stereocenters. The number of rotatable bonds is 10. The molecule has 5 nitrogen and oxygen atoms in total. The number of carboxylic acids is 1. The Labute approximate surface area is 168 Å². The van der Waals surface area contributed by atoms with Crippen molar-refractivity contribution >= 4 is 5.97 Å². The molecule has 1 aliphatic carbocycles. The highest BCUT2D eigenvalue weighted by atomic mass is 16.5. The molecule has 0 radical (unpaired) electrons. The maximum absolute atomic E-state index is 10.8. The number of aryl methyl sites for hydroxylation is 1. The average Bonchev–Trinajstić information content (AvgIpc) is 2.74. The molecule has 0 spiro atoms. The molecule has 0 heterocycles. The van der Waals surface area contributed by atoms with E-state index in [-0.39, 0.29) is 24.7 Å². The Bertz CT molecular complexity index is 601. The number of ether oxygens (including phenoxy) is 1. The third kappa shape index (κ3) is 7.44. The fourth-order valence-corrected chi connectivity index (χ4v) is 4.18. The number of aliphatic hydroxyl groups excluding tert-OH is 2. The quantitative estimate of drug-likeness (QED) is 0.522. The van der Waals surface area contributed by atoms with Crippen molar-refractivity contribution in [2.45, 2.75) is 89.8 Å². The molecule has 28 heavy (non-hydrogen) atoms. The summed E-state index contributed by atoms with van der Waals surface area (Å²) in [5.41, 5.74) is 2.27. The van der Waals surface area contributed by atoms with Gasteiger partial charge in [-0.3, -0.25) is 0 Å². The van der Waals surface area contributed by atoms with Crippen LogP contribution in [0.25, 0.3) is 0 Å². The SMILES string of the molecule is CCCCCC(O)CCC1CCc2cccc(OCC(=O)O)c2CCCC1O. The van der Waals surface area contributed by atoms with Gasteiger partial charge in [0.1, 0.15) is 5.75 Å². The van der Waals surface area contributed by atoms with E-state index in [2.05, 4.69) is 13.0 Å². The Hall–Kier alpha value is -1.59. The molecule has 0 bridgehead atoms. The molecule has 0 saturated carbocycles. The summed E-state index contributed by atoms with van der Waals surface area (Å²) < 4.78 is 5.49. The van der Waals surface area contributed by atoms with Crippen LogP contribution in [-0.2, 0) is 17.6 Å². The van der Waals surface area contributed by atoms with E-state index in [0.29, 0.717) is 5.75 Å². The van der Waals surface area contributed by atoms with Crippen LogP contribution in [0.3, 0.4) is 0 Å². The number of carboxylic acid groups (broad SMARTS) is 1. The molecular weight excluding hydrogens is 356 g/mol. The molecule has 5 heteroatoms. The Morgan fingerprint density at radius 2 is 2.04 bits per heavy atom. The van der Waals surface area contributed by atoms with E-state index < -0.39 is 5.97 Å². The molecule has 0 fully saturated rings. The third-order valence-electron chi connectivity index (χ3n) is 5.85. The summed E-state index contributed by atoms with van der Waals surface area (Å²) in [6.07, 6.45) is 9.29. The minimum Gasteiger partial charge on any atom is -0.482 e. The van der Waals surface area contributed by atoms with Crippen molar-refractivity contribution in [3.05, 3.63) is 29.3 Å². The van der Waals surface area contributed by atoms with Crippen LogP contribution in [0.5, 0.6) is 5.75 Å². The molecule has 2 rings (SSSR count). The van der Waals surface area contributed by atoms with Crippen molar-refractivity contribution in [2.24, 2.45) is 5.92 Å². The Morgan fingerprint density at radius 1 is 1.21 bits per heavy atom. The topological polar surface area (TPSA) is 87.0 Å². The van der Waals surface area contributed by atoms with E-state index >= 15 is 0 Å². The van der Waals surface area contributed by atoms with Crippen molar-refractivity contribution in [3.63, 3.8) is 0 Å². The molecule has 1 aromatic carbocycles. The number of hydrogen-bond donors (Lipinski definition) is 3. The smallest absolute Gasteiger partial charge is 0.341 e. The minimum atomic E-state index is -0.978. The maximum Gasteiger partial charge on any atom is 0.341 e. The van der Waals surface area contributed by atoms with Crippen molar-refractivity contribution < 1.29 is 24.9 Å². The van der Waals surface area contributed by atoms with E-state index in [4.69, 9.17) is 9.84 Å². The number of carbonyl (C=O) groups is 1. The van der Waals surface area contributed by atoms with E-state index in [1.54, 1.807) is 0 Å². The lowest BCUT2D eigenvalue weighted by atomic mass is 9.87. The van der Waals surface area contributed by atoms with Crippen molar-refractivity contribution in [1.29, 1.82) is 0 Å². The lowest BCUT2D eigenvalue weighted by Crippen LogP contribution is -2.22. The van der Waals surface area contributed by atoms with E-state index in [1.165, 1.54) is 5.56 Å². The largest absolute Gasteiger partial charge is 0.482 e. The molecule has 158 valence electrons. The van der Waals surface area contributed by atoms with Crippen LogP contribution in [0.15, 0.2) is 18.2 Å². The summed E-state index contributed by atoms with van der Waals surface area (Å²) in [5, 5.41) is 29.8. The van der Waals surface area contributed by atoms with Gasteiger partial charge in [-0.05, 0) is 74.5 Å². The van der Waals surface area contributed by atoms with Gasteiger partial charge in [0.25, 0.3) is 0 Å². The average molecular weight is 393 g/mol. The summed E-state index contributed by atoms with van der Waals surface area (Å²) in [6, 6.07) is 5.83. The van der Waals surface area contributed by atoms with Crippen LogP contribution in [0.4, 0.5) is 0 Å². The number of fused-ring (bicyclic) bond motifs is 1. The normalized spacial score (nSPS) is 21.1. The zero-order chi connectivity index (χ0) is 20.4. The number of aliphatic carboxylic acids is 1. The van der Waals surface area contributed by atoms with Gasteiger partial charge in [0.2, 0.25) is 0 Å². The zero-order valence-corrected chi connectivity index (χ0v) is 17.1. The highest BCUT2D eigenvalue weighted by Gasteiger charge is 2.23. The molecule has 0 saturated heterocycles. The lowest BCUT2D eigenvalue weighted by Gasteiger charge is -2.23. The second-order valence-corrected chi connectivity index (χ2v) is 8.06. The third-order valence-corrected chi connectivity index (χ3v) is 5.85. The van der Waals surface area contributed by atoms with Crippen LogP contribution < -0.4 is 4.74 Å². The minimum absolute atomic E-state index is 0.190. The second-order valence-electron chi connectivity index (χ2n) is 8.06.